The van der Waals surface area contributed by atoms with E-state index >= 15 is 0 Å². The van der Waals surface area contributed by atoms with Crippen LogP contribution in [-0.2, 0) is 30.1 Å². The van der Waals surface area contributed by atoms with E-state index in [-0.39, 0.29) is 63.4 Å². The van der Waals surface area contributed by atoms with E-state index in [1.807, 2.05) is 0 Å². The van der Waals surface area contributed by atoms with Gasteiger partial charge in [-0.2, -0.15) is 0 Å². The van der Waals surface area contributed by atoms with E-state index in [1.54, 1.807) is 75.4 Å². The molecule has 0 fully saturated rings. The summed E-state index contributed by atoms with van der Waals surface area (Å²) in [5.74, 6) is -1.38. The number of sulfonamides is 3. The zero-order valence-corrected chi connectivity index (χ0v) is 34.5. The second-order valence-corrected chi connectivity index (χ2v) is 19.5. The number of benzene rings is 5. The number of rotatable bonds is 16. The van der Waals surface area contributed by atoms with E-state index in [9.17, 15) is 34.8 Å². The number of hydrogen-bond acceptors (Lipinski definition) is 8. The summed E-state index contributed by atoms with van der Waals surface area (Å²) in [7, 11) is -12.9. The van der Waals surface area contributed by atoms with Gasteiger partial charge >= 0.3 is 0 Å². The first-order valence-electron chi connectivity index (χ1n) is 17.6. The van der Waals surface area contributed by atoms with Crippen LogP contribution < -0.4 is 24.0 Å². The van der Waals surface area contributed by atoms with Crippen molar-refractivity contribution in [2.45, 2.75) is 41.0 Å². The lowest BCUT2D eigenvalue weighted by atomic mass is 10.1. The Balaban J connectivity index is 1.39. The molecule has 0 radical (unpaired) electrons. The first-order valence-corrected chi connectivity index (χ1v) is 22.4. The third-order valence-electron chi connectivity index (χ3n) is 8.31. The van der Waals surface area contributed by atoms with Crippen molar-refractivity contribution < 1.29 is 34.8 Å². The number of nitrogens with one attached hydrogen (secondary N) is 3. The molecule has 0 saturated carbocycles. The zero-order chi connectivity index (χ0) is 41.4. The van der Waals surface area contributed by atoms with Gasteiger partial charge in [-0.15, -0.1) is 0 Å². The van der Waals surface area contributed by atoms with Crippen molar-refractivity contribution in [1.29, 1.82) is 0 Å². The van der Waals surface area contributed by atoms with Gasteiger partial charge in [-0.25, -0.2) is 30.0 Å². The van der Waals surface area contributed by atoms with Gasteiger partial charge in [0.05, 0.1) is 33.9 Å². The van der Waals surface area contributed by atoms with Crippen LogP contribution in [-0.4, -0.2) is 68.8 Å². The average Bonchev–Trinajstić information content (AvgIpc) is 3.18. The molecule has 0 aliphatic heterocycles. The molecule has 0 unspecified atom stereocenters. The normalized spacial score (nSPS) is 12.1. The van der Waals surface area contributed by atoms with E-state index in [1.165, 1.54) is 78.9 Å². The quantitative estimate of drug-likeness (QED) is 0.114. The highest BCUT2D eigenvalue weighted by molar-refractivity contribution is 7.93. The van der Waals surface area contributed by atoms with Crippen molar-refractivity contribution in [3.05, 3.63) is 150 Å². The molecule has 0 saturated heterocycles. The smallest absolute Gasteiger partial charge is 0.265 e. The Morgan fingerprint density at radius 2 is 0.982 bits per heavy atom. The van der Waals surface area contributed by atoms with Crippen molar-refractivity contribution >= 4 is 64.9 Å². The van der Waals surface area contributed by atoms with Gasteiger partial charge in [0.1, 0.15) is 9.79 Å². The van der Waals surface area contributed by atoms with E-state index < -0.39 is 47.4 Å². The topological polar surface area (TPSA) is 179 Å². The lowest BCUT2D eigenvalue weighted by Crippen LogP contribution is -2.42. The van der Waals surface area contributed by atoms with Crippen molar-refractivity contribution in [2.75, 3.05) is 34.8 Å². The highest BCUT2D eigenvalue weighted by Gasteiger charge is 2.32. The molecule has 0 spiro atoms. The molecule has 0 aliphatic carbocycles. The molecule has 5 aromatic rings. The van der Waals surface area contributed by atoms with Crippen LogP contribution in [0.15, 0.2) is 148 Å². The maximum atomic E-state index is 14.4. The largest absolute Gasteiger partial charge is 0.350 e. The third-order valence-corrected chi connectivity index (χ3v) is 13.8. The summed E-state index contributed by atoms with van der Waals surface area (Å²) >= 11 is 5.90. The molecule has 17 heteroatoms. The third kappa shape index (κ3) is 10.6. The molecular formula is C40H42ClN5O8S3. The molecule has 0 bridgehead atoms. The lowest BCUT2D eigenvalue weighted by molar-refractivity contribution is 0.0914. The Kier molecular flexibility index (Phi) is 13.5. The molecule has 57 heavy (non-hydrogen) atoms. The molecule has 0 atom stereocenters. The van der Waals surface area contributed by atoms with Crippen LogP contribution in [0, 0.1) is 0 Å². The fourth-order valence-electron chi connectivity index (χ4n) is 5.71. The predicted molar refractivity (Wildman–Crippen MR) is 221 cm³/mol. The molecule has 2 amide bonds. The number of hydrogen-bond donors (Lipinski definition) is 3. The number of carbonyl (C=O) groups is 2. The van der Waals surface area contributed by atoms with Crippen LogP contribution >= 0.6 is 11.6 Å². The fraction of sp³-hybridized carbons (Fsp3) is 0.200. The number of amides is 2. The van der Waals surface area contributed by atoms with Gasteiger partial charge in [-0.1, -0.05) is 72.3 Å². The van der Waals surface area contributed by atoms with Crippen molar-refractivity contribution in [3.8, 4) is 0 Å². The van der Waals surface area contributed by atoms with Crippen molar-refractivity contribution in [2.24, 2.45) is 0 Å². The van der Waals surface area contributed by atoms with Crippen LogP contribution in [0.3, 0.4) is 0 Å². The summed E-state index contributed by atoms with van der Waals surface area (Å²) < 4.78 is 87.8. The Bertz CT molecular complexity index is 2540. The van der Waals surface area contributed by atoms with E-state index in [0.717, 1.165) is 8.61 Å². The average molecular weight is 852 g/mol. The second-order valence-electron chi connectivity index (χ2n) is 13.6. The van der Waals surface area contributed by atoms with Gasteiger partial charge in [0.15, 0.2) is 0 Å². The maximum Gasteiger partial charge on any atom is 0.265 e. The first-order chi connectivity index (χ1) is 26.9. The van der Waals surface area contributed by atoms with Gasteiger partial charge in [0.2, 0.25) is 10.0 Å². The molecule has 0 aliphatic rings. The van der Waals surface area contributed by atoms with Crippen LogP contribution in [0.25, 0.3) is 0 Å². The summed E-state index contributed by atoms with van der Waals surface area (Å²) in [6.07, 6.45) is 0. The molecule has 5 rings (SSSR count). The summed E-state index contributed by atoms with van der Waals surface area (Å²) in [5.41, 5.74) is -0.435. The highest BCUT2D eigenvalue weighted by atomic mass is 35.5. The van der Waals surface area contributed by atoms with Crippen LogP contribution in [0.1, 0.15) is 41.5 Å². The second kappa shape index (κ2) is 17.9. The van der Waals surface area contributed by atoms with Crippen LogP contribution in [0.4, 0.5) is 11.4 Å². The number of anilines is 2. The highest BCUT2D eigenvalue weighted by Crippen LogP contribution is 2.28. The van der Waals surface area contributed by atoms with Gasteiger partial charge in [-0.05, 0) is 93.6 Å². The fourth-order valence-corrected chi connectivity index (χ4v) is 10.2. The number of para-hydroxylation sites is 2. The summed E-state index contributed by atoms with van der Waals surface area (Å²) in [4.78, 5) is 26.4. The van der Waals surface area contributed by atoms with E-state index in [4.69, 9.17) is 11.6 Å². The zero-order valence-electron chi connectivity index (χ0n) is 31.3. The van der Waals surface area contributed by atoms with Gasteiger partial charge in [0.25, 0.3) is 31.9 Å². The Hall–Kier alpha value is -5.26. The number of carbonyl (C=O) groups excluding carboxylic acids is 2. The minimum atomic E-state index is -4.51. The minimum Gasteiger partial charge on any atom is -0.350 e. The lowest BCUT2D eigenvalue weighted by Gasteiger charge is -2.27. The summed E-state index contributed by atoms with van der Waals surface area (Å²) in [6.45, 7) is 4.12. The van der Waals surface area contributed by atoms with E-state index in [0.29, 0.717) is 5.02 Å². The Morgan fingerprint density at radius 1 is 0.561 bits per heavy atom. The summed E-state index contributed by atoms with van der Waals surface area (Å²) in [5, 5.41) is 5.81. The molecule has 5 aromatic carbocycles. The molecule has 0 heterocycles. The van der Waals surface area contributed by atoms with Gasteiger partial charge < -0.3 is 10.6 Å². The molecule has 300 valence electrons. The Morgan fingerprint density at radius 3 is 1.46 bits per heavy atom. The molecule has 3 N–H and O–H groups in total. The standard InChI is InChI=1S/C40H42ClN5O8S3/c1-40(2,3)44-39(48)35-19-11-13-21-37(35)57(53,54)45(31-14-6-4-7-15-31)28-26-42-38(47)34-18-10-12-20-36(34)56(51,52)46(32-16-8-5-9-17-32)29-27-43-55(49,50)33-24-22-30(41)23-25-33/h4-25,43H,26-29H2,1-3H3,(H,42,47)(H,44,48). The monoisotopic (exact) mass is 851 g/mol. The maximum absolute atomic E-state index is 14.4. The summed E-state index contributed by atoms with van der Waals surface area (Å²) in [6, 6.07) is 33.0. The van der Waals surface area contributed by atoms with Gasteiger partial charge in [-0.3, -0.25) is 18.2 Å². The predicted octanol–water partition coefficient (Wildman–Crippen LogP) is 5.67. The van der Waals surface area contributed by atoms with Crippen molar-refractivity contribution in [3.63, 3.8) is 0 Å². The minimum absolute atomic E-state index is 0.0581. The molecule has 0 aromatic heterocycles. The van der Waals surface area contributed by atoms with Crippen LogP contribution in [0.2, 0.25) is 5.02 Å². The first kappa shape index (κ1) is 42.9. The SMILES string of the molecule is CC(C)(C)NC(=O)c1ccccc1S(=O)(=O)N(CCNC(=O)c1ccccc1S(=O)(=O)N(CCNS(=O)(=O)c1ccc(Cl)cc1)c1ccccc1)c1ccccc1. The number of halogens is 1. The molecule has 13 nitrogen and oxygen atoms in total. The molecular weight excluding hydrogens is 810 g/mol. The van der Waals surface area contributed by atoms with Crippen molar-refractivity contribution in [1.82, 2.24) is 15.4 Å². The van der Waals surface area contributed by atoms with Gasteiger partial charge in [0, 0.05) is 30.2 Å². The number of nitrogens with zero attached hydrogens (tertiary/aromatic N) is 2. The Labute approximate surface area is 338 Å². The van der Waals surface area contributed by atoms with Crippen LogP contribution in [0.5, 0.6) is 0 Å². The van der Waals surface area contributed by atoms with E-state index in [2.05, 4.69) is 15.4 Å².